The molecule has 0 bridgehead atoms. The largest absolute Gasteiger partial charge is 0.356 e. The monoisotopic (exact) mass is 468 g/mol. The summed E-state index contributed by atoms with van der Waals surface area (Å²) in [6.07, 6.45) is 11.8. The summed E-state index contributed by atoms with van der Waals surface area (Å²) in [5.74, 6) is 0.939. The topological polar surface area (TPSA) is 104 Å². The molecule has 0 aliphatic carbocycles. The highest BCUT2D eigenvalue weighted by atomic mass is 16.1. The van der Waals surface area contributed by atoms with Crippen molar-refractivity contribution in [1.29, 1.82) is 5.26 Å². The van der Waals surface area contributed by atoms with Gasteiger partial charge in [-0.2, -0.15) is 15.5 Å². The number of rotatable bonds is 5. The molecule has 0 atom stereocenters. The van der Waals surface area contributed by atoms with E-state index >= 15 is 0 Å². The van der Waals surface area contributed by atoms with Gasteiger partial charge in [0.2, 0.25) is 5.91 Å². The van der Waals surface area contributed by atoms with Gasteiger partial charge in [-0.05, 0) is 37.5 Å². The molecule has 0 saturated carbocycles. The SMILES string of the molecule is CCC1(NC(C)=O)CCN(c2ccc(-c3cc(-c4cnn(C)c4)cn4ncc(C#N)c34)cn2)CC1. The number of carbonyl (C=O) groups is 1. The molecular weight excluding hydrogens is 440 g/mol. The lowest BCUT2D eigenvalue weighted by Crippen LogP contribution is -2.54. The predicted octanol–water partition coefficient (Wildman–Crippen LogP) is 3.55. The third-order valence-electron chi connectivity index (χ3n) is 6.99. The molecule has 0 spiro atoms. The number of piperidine rings is 1. The highest BCUT2D eigenvalue weighted by Crippen LogP contribution is 2.33. The fourth-order valence-corrected chi connectivity index (χ4v) is 4.99. The van der Waals surface area contributed by atoms with Gasteiger partial charge in [0, 0.05) is 73.4 Å². The maximum Gasteiger partial charge on any atom is 0.217 e. The Morgan fingerprint density at radius 2 is 1.91 bits per heavy atom. The van der Waals surface area contributed by atoms with Crippen molar-refractivity contribution in [1.82, 2.24) is 29.7 Å². The van der Waals surface area contributed by atoms with E-state index in [1.165, 1.54) is 0 Å². The van der Waals surface area contributed by atoms with Gasteiger partial charge >= 0.3 is 0 Å². The molecule has 4 aromatic rings. The number of nitrogens with one attached hydrogen (secondary N) is 1. The number of hydrogen-bond donors (Lipinski definition) is 1. The first kappa shape index (κ1) is 22.6. The standard InChI is InChI=1S/C26H28N8O/c1-4-26(31-18(2)35)7-9-33(10-8-26)24-6-5-19(13-28-24)23-11-20(22-15-29-32(3)16-22)17-34-25(23)21(12-27)14-30-34/h5-6,11,13-17H,4,7-10H2,1-3H3,(H,31,35). The van der Waals surface area contributed by atoms with Gasteiger partial charge in [-0.25, -0.2) is 9.50 Å². The van der Waals surface area contributed by atoms with E-state index in [-0.39, 0.29) is 11.4 Å². The quantitative estimate of drug-likeness (QED) is 0.480. The predicted molar refractivity (Wildman–Crippen MR) is 134 cm³/mol. The molecule has 0 radical (unpaired) electrons. The normalized spacial score (nSPS) is 15.2. The zero-order valence-electron chi connectivity index (χ0n) is 20.2. The number of carbonyl (C=O) groups excluding carboxylic acids is 1. The van der Waals surface area contributed by atoms with Crippen LogP contribution in [-0.2, 0) is 11.8 Å². The number of aryl methyl sites for hydroxylation is 1. The highest BCUT2D eigenvalue weighted by molar-refractivity contribution is 5.87. The molecule has 0 unspecified atom stereocenters. The molecule has 1 aliphatic heterocycles. The lowest BCUT2D eigenvalue weighted by molar-refractivity contribution is -0.121. The first-order valence-corrected chi connectivity index (χ1v) is 11.8. The lowest BCUT2D eigenvalue weighted by atomic mass is 9.85. The Labute approximate surface area is 204 Å². The number of fused-ring (bicyclic) bond motifs is 1. The molecule has 178 valence electrons. The van der Waals surface area contributed by atoms with Crippen LogP contribution in [0.2, 0.25) is 0 Å². The van der Waals surface area contributed by atoms with E-state index in [9.17, 15) is 10.1 Å². The number of nitrogens with zero attached hydrogens (tertiary/aromatic N) is 7. The first-order chi connectivity index (χ1) is 16.9. The minimum Gasteiger partial charge on any atom is -0.356 e. The molecule has 1 N–H and O–H groups in total. The zero-order valence-corrected chi connectivity index (χ0v) is 20.2. The Balaban J connectivity index is 1.46. The van der Waals surface area contributed by atoms with Gasteiger partial charge < -0.3 is 10.2 Å². The van der Waals surface area contributed by atoms with E-state index in [4.69, 9.17) is 4.98 Å². The van der Waals surface area contributed by atoms with Crippen molar-refractivity contribution in [3.8, 4) is 28.3 Å². The van der Waals surface area contributed by atoms with E-state index in [0.717, 1.165) is 65.9 Å². The lowest BCUT2D eigenvalue weighted by Gasteiger charge is -2.42. The van der Waals surface area contributed by atoms with Crippen molar-refractivity contribution in [2.45, 2.75) is 38.6 Å². The van der Waals surface area contributed by atoms with Gasteiger partial charge in [0.05, 0.1) is 23.5 Å². The number of anilines is 1. The molecule has 9 nitrogen and oxygen atoms in total. The summed E-state index contributed by atoms with van der Waals surface area (Å²) in [6.45, 7) is 5.39. The third kappa shape index (κ3) is 4.23. The molecule has 4 aromatic heterocycles. The Hall–Kier alpha value is -4.19. The summed E-state index contributed by atoms with van der Waals surface area (Å²) in [4.78, 5) is 18.7. The van der Waals surface area contributed by atoms with Crippen LogP contribution < -0.4 is 10.2 Å². The second kappa shape index (κ2) is 8.87. The van der Waals surface area contributed by atoms with Crippen molar-refractivity contribution in [2.24, 2.45) is 7.05 Å². The van der Waals surface area contributed by atoms with Crippen LogP contribution in [0.5, 0.6) is 0 Å². The van der Waals surface area contributed by atoms with Crippen molar-refractivity contribution >= 4 is 17.2 Å². The number of amides is 1. The van der Waals surface area contributed by atoms with E-state index in [1.807, 2.05) is 44.0 Å². The zero-order chi connectivity index (χ0) is 24.6. The molecule has 0 aromatic carbocycles. The summed E-state index contributed by atoms with van der Waals surface area (Å²) in [6, 6.07) is 8.40. The molecular formula is C26H28N8O. The molecule has 9 heteroatoms. The molecule has 5 heterocycles. The fourth-order valence-electron chi connectivity index (χ4n) is 4.99. The maximum atomic E-state index is 11.7. The summed E-state index contributed by atoms with van der Waals surface area (Å²) in [7, 11) is 1.88. The van der Waals surface area contributed by atoms with Gasteiger partial charge in [0.25, 0.3) is 0 Å². The molecule has 1 aliphatic rings. The molecule has 1 amide bonds. The van der Waals surface area contributed by atoms with Crippen LogP contribution in [0.15, 0.2) is 49.2 Å². The second-order valence-electron chi connectivity index (χ2n) is 9.22. The molecule has 1 saturated heterocycles. The molecule has 5 rings (SSSR count). The van der Waals surface area contributed by atoms with Crippen LogP contribution in [-0.4, -0.2) is 48.9 Å². The van der Waals surface area contributed by atoms with Crippen LogP contribution in [0.25, 0.3) is 27.8 Å². The van der Waals surface area contributed by atoms with E-state index in [1.54, 1.807) is 22.3 Å². The van der Waals surface area contributed by atoms with Crippen LogP contribution in [0.3, 0.4) is 0 Å². The minimum absolute atomic E-state index is 0.0271. The summed E-state index contributed by atoms with van der Waals surface area (Å²) >= 11 is 0. The smallest absolute Gasteiger partial charge is 0.217 e. The number of nitriles is 1. The molecule has 35 heavy (non-hydrogen) atoms. The van der Waals surface area contributed by atoms with Crippen LogP contribution in [0.4, 0.5) is 5.82 Å². The Morgan fingerprint density at radius 3 is 2.51 bits per heavy atom. The first-order valence-electron chi connectivity index (χ1n) is 11.8. The van der Waals surface area contributed by atoms with Crippen molar-refractivity contribution in [3.63, 3.8) is 0 Å². The Morgan fingerprint density at radius 1 is 1.11 bits per heavy atom. The van der Waals surface area contributed by atoms with Gasteiger partial charge in [0.1, 0.15) is 11.9 Å². The van der Waals surface area contributed by atoms with E-state index in [0.29, 0.717) is 5.56 Å². The second-order valence-corrected chi connectivity index (χ2v) is 9.22. The van der Waals surface area contributed by atoms with Gasteiger partial charge in [-0.1, -0.05) is 6.92 Å². The highest BCUT2D eigenvalue weighted by Gasteiger charge is 2.34. The maximum absolute atomic E-state index is 11.7. The van der Waals surface area contributed by atoms with Crippen LogP contribution >= 0.6 is 0 Å². The average molecular weight is 469 g/mol. The third-order valence-corrected chi connectivity index (χ3v) is 6.99. The van der Waals surface area contributed by atoms with E-state index in [2.05, 4.69) is 39.5 Å². The van der Waals surface area contributed by atoms with Gasteiger partial charge in [0.15, 0.2) is 0 Å². The minimum atomic E-state index is -0.129. The van der Waals surface area contributed by atoms with E-state index < -0.39 is 0 Å². The summed E-state index contributed by atoms with van der Waals surface area (Å²) in [5, 5.41) is 21.5. The van der Waals surface area contributed by atoms with Gasteiger partial charge in [-0.15, -0.1) is 0 Å². The van der Waals surface area contributed by atoms with Gasteiger partial charge in [-0.3, -0.25) is 9.48 Å². The average Bonchev–Trinajstić information content (AvgIpc) is 3.49. The van der Waals surface area contributed by atoms with Crippen molar-refractivity contribution in [2.75, 3.05) is 18.0 Å². The van der Waals surface area contributed by atoms with Crippen LogP contribution in [0, 0.1) is 11.3 Å². The van der Waals surface area contributed by atoms with Crippen LogP contribution in [0.1, 0.15) is 38.7 Å². The van der Waals surface area contributed by atoms with Crippen molar-refractivity contribution < 1.29 is 4.79 Å². The van der Waals surface area contributed by atoms with Crippen molar-refractivity contribution in [3.05, 3.63) is 54.7 Å². The number of aromatic nitrogens is 5. The molecule has 1 fully saturated rings. The number of hydrogen-bond acceptors (Lipinski definition) is 6. The number of pyridine rings is 2. The Bertz CT molecular complexity index is 1420. The summed E-state index contributed by atoms with van der Waals surface area (Å²) in [5.41, 5.74) is 4.90. The Kier molecular flexibility index (Phi) is 5.73. The summed E-state index contributed by atoms with van der Waals surface area (Å²) < 4.78 is 3.51. The fraction of sp³-hybridized carbons (Fsp3) is 0.346.